The fourth-order valence-corrected chi connectivity index (χ4v) is 2.07. The maximum absolute atomic E-state index is 11.9. The molecule has 0 aliphatic heterocycles. The summed E-state index contributed by atoms with van der Waals surface area (Å²) in [5.74, 6) is -1.36. The molecule has 0 saturated carbocycles. The zero-order valence-corrected chi connectivity index (χ0v) is 13.7. The minimum Gasteiger partial charge on any atom is -0.452 e. The topological polar surface area (TPSA) is 125 Å². The molecule has 0 unspecified atom stereocenters. The number of esters is 1. The SMILES string of the molecule is Cc1cc(NC(=O)COC(=O)c2ccc(N)cc2)c([N+](=O)[O-])cc1C. The predicted octanol–water partition coefficient (Wildman–Crippen LogP) is 2.59. The Morgan fingerprint density at radius 3 is 2.36 bits per heavy atom. The minimum atomic E-state index is -0.690. The lowest BCUT2D eigenvalue weighted by atomic mass is 10.1. The monoisotopic (exact) mass is 343 g/mol. The van der Waals surface area contributed by atoms with Crippen molar-refractivity contribution in [2.75, 3.05) is 17.7 Å². The molecule has 0 aromatic heterocycles. The molecule has 0 radical (unpaired) electrons. The molecule has 2 aromatic carbocycles. The molecule has 130 valence electrons. The van der Waals surface area contributed by atoms with Crippen LogP contribution in [0.3, 0.4) is 0 Å². The third-order valence-corrected chi connectivity index (χ3v) is 3.56. The van der Waals surface area contributed by atoms with Gasteiger partial charge < -0.3 is 15.8 Å². The summed E-state index contributed by atoms with van der Waals surface area (Å²) in [6, 6.07) is 8.91. The molecule has 0 bridgehead atoms. The van der Waals surface area contributed by atoms with Crippen LogP contribution < -0.4 is 11.1 Å². The number of carbonyl (C=O) groups excluding carboxylic acids is 2. The number of hydrogen-bond donors (Lipinski definition) is 2. The largest absolute Gasteiger partial charge is 0.452 e. The highest BCUT2D eigenvalue weighted by atomic mass is 16.6. The van der Waals surface area contributed by atoms with Crippen molar-refractivity contribution in [1.29, 1.82) is 0 Å². The Morgan fingerprint density at radius 1 is 1.16 bits per heavy atom. The van der Waals surface area contributed by atoms with E-state index in [0.29, 0.717) is 5.69 Å². The normalized spacial score (nSPS) is 10.2. The Labute approximate surface area is 143 Å². The van der Waals surface area contributed by atoms with Gasteiger partial charge in [-0.1, -0.05) is 0 Å². The summed E-state index contributed by atoms with van der Waals surface area (Å²) < 4.78 is 4.89. The van der Waals surface area contributed by atoms with Gasteiger partial charge in [0.15, 0.2) is 6.61 Å². The summed E-state index contributed by atoms with van der Waals surface area (Å²) >= 11 is 0. The number of rotatable bonds is 5. The number of nitro groups is 1. The molecule has 0 fully saturated rings. The molecule has 0 aliphatic carbocycles. The van der Waals surface area contributed by atoms with Crippen LogP contribution in [0, 0.1) is 24.0 Å². The summed E-state index contributed by atoms with van der Waals surface area (Å²) in [4.78, 5) is 34.3. The molecule has 0 heterocycles. The van der Waals surface area contributed by atoms with Gasteiger partial charge in [-0.15, -0.1) is 0 Å². The number of amides is 1. The van der Waals surface area contributed by atoms with Crippen LogP contribution in [0.4, 0.5) is 17.1 Å². The highest BCUT2D eigenvalue weighted by Crippen LogP contribution is 2.27. The first-order valence-electron chi connectivity index (χ1n) is 7.36. The van der Waals surface area contributed by atoms with E-state index in [4.69, 9.17) is 10.5 Å². The molecule has 0 spiro atoms. The number of nitrogens with one attached hydrogen (secondary N) is 1. The van der Waals surface area contributed by atoms with Crippen LogP contribution in [0.2, 0.25) is 0 Å². The molecule has 8 nitrogen and oxygen atoms in total. The molecule has 8 heteroatoms. The molecule has 25 heavy (non-hydrogen) atoms. The number of hydrogen-bond acceptors (Lipinski definition) is 6. The van der Waals surface area contributed by atoms with Gasteiger partial charge >= 0.3 is 5.97 Å². The fraction of sp³-hybridized carbons (Fsp3) is 0.176. The molecule has 3 N–H and O–H groups in total. The molecule has 0 aliphatic rings. The molecular weight excluding hydrogens is 326 g/mol. The number of nitrogen functional groups attached to an aromatic ring is 1. The zero-order chi connectivity index (χ0) is 18.6. The molecule has 0 saturated heterocycles. The Kier molecular flexibility index (Phi) is 5.33. The van der Waals surface area contributed by atoms with Gasteiger partial charge in [-0.2, -0.15) is 0 Å². The van der Waals surface area contributed by atoms with E-state index in [1.54, 1.807) is 13.8 Å². The van der Waals surface area contributed by atoms with Crippen LogP contribution in [0.25, 0.3) is 0 Å². The summed E-state index contributed by atoms with van der Waals surface area (Å²) in [6.45, 7) is 2.95. The number of nitro benzene ring substituents is 1. The van der Waals surface area contributed by atoms with Crippen molar-refractivity contribution in [2.24, 2.45) is 0 Å². The van der Waals surface area contributed by atoms with Crippen molar-refractivity contribution >= 4 is 28.9 Å². The smallest absolute Gasteiger partial charge is 0.338 e. The van der Waals surface area contributed by atoms with E-state index in [1.165, 1.54) is 36.4 Å². The predicted molar refractivity (Wildman–Crippen MR) is 92.3 cm³/mol. The standard InChI is InChI=1S/C17H17N3O5/c1-10-7-14(15(20(23)24)8-11(10)2)19-16(21)9-25-17(22)12-3-5-13(18)6-4-12/h3-8H,9,18H2,1-2H3,(H,19,21). The van der Waals surface area contributed by atoms with E-state index >= 15 is 0 Å². The third kappa shape index (κ3) is 4.54. The minimum absolute atomic E-state index is 0.0571. The first-order chi connectivity index (χ1) is 11.8. The van der Waals surface area contributed by atoms with Gasteiger partial charge in [0, 0.05) is 11.8 Å². The summed E-state index contributed by atoms with van der Waals surface area (Å²) in [5, 5.41) is 13.5. The van der Waals surface area contributed by atoms with Crippen molar-refractivity contribution < 1.29 is 19.2 Å². The Hall–Kier alpha value is -3.42. The zero-order valence-electron chi connectivity index (χ0n) is 13.7. The first kappa shape index (κ1) is 17.9. The Balaban J connectivity index is 2.03. The van der Waals surface area contributed by atoms with Crippen molar-refractivity contribution in [3.05, 3.63) is 63.2 Å². The quantitative estimate of drug-likeness (QED) is 0.372. The van der Waals surface area contributed by atoms with Crippen molar-refractivity contribution in [1.82, 2.24) is 0 Å². The van der Waals surface area contributed by atoms with Crippen LogP contribution in [-0.2, 0) is 9.53 Å². The van der Waals surface area contributed by atoms with Crippen LogP contribution in [0.15, 0.2) is 36.4 Å². The number of nitrogens with two attached hydrogens (primary N) is 1. The van der Waals surface area contributed by atoms with Crippen molar-refractivity contribution in [2.45, 2.75) is 13.8 Å². The van der Waals surface area contributed by atoms with Crippen molar-refractivity contribution in [3.8, 4) is 0 Å². The van der Waals surface area contributed by atoms with E-state index in [0.717, 1.165) is 11.1 Å². The number of ether oxygens (including phenoxy) is 1. The first-order valence-corrected chi connectivity index (χ1v) is 7.36. The lowest BCUT2D eigenvalue weighted by Gasteiger charge is -2.09. The van der Waals surface area contributed by atoms with Crippen molar-refractivity contribution in [3.63, 3.8) is 0 Å². The summed E-state index contributed by atoms with van der Waals surface area (Å²) in [6.07, 6.45) is 0. The highest BCUT2D eigenvalue weighted by molar-refractivity contribution is 5.97. The maximum atomic E-state index is 11.9. The van der Waals surface area contributed by atoms with Gasteiger partial charge in [0.25, 0.3) is 11.6 Å². The lowest BCUT2D eigenvalue weighted by molar-refractivity contribution is -0.384. The van der Waals surface area contributed by atoms with Crippen LogP contribution in [-0.4, -0.2) is 23.4 Å². The lowest BCUT2D eigenvalue weighted by Crippen LogP contribution is -2.21. The number of nitrogens with zero attached hydrogens (tertiary/aromatic N) is 1. The number of anilines is 2. The van der Waals surface area contributed by atoms with E-state index in [9.17, 15) is 19.7 Å². The second-order valence-electron chi connectivity index (χ2n) is 5.46. The number of benzene rings is 2. The molecular formula is C17H17N3O5. The third-order valence-electron chi connectivity index (χ3n) is 3.56. The fourth-order valence-electron chi connectivity index (χ4n) is 2.07. The van der Waals surface area contributed by atoms with E-state index in [1.807, 2.05) is 0 Å². The summed E-state index contributed by atoms with van der Waals surface area (Å²) in [5.41, 5.74) is 7.63. The van der Waals surface area contributed by atoms with E-state index < -0.39 is 23.4 Å². The molecule has 2 aromatic rings. The van der Waals surface area contributed by atoms with Gasteiger partial charge in [-0.25, -0.2) is 4.79 Å². The van der Waals surface area contributed by atoms with Gasteiger partial charge in [-0.05, 0) is 55.3 Å². The molecule has 1 amide bonds. The van der Waals surface area contributed by atoms with Gasteiger partial charge in [-0.3, -0.25) is 14.9 Å². The summed E-state index contributed by atoms with van der Waals surface area (Å²) in [7, 11) is 0. The average Bonchev–Trinajstić information content (AvgIpc) is 2.56. The average molecular weight is 343 g/mol. The second kappa shape index (κ2) is 7.43. The second-order valence-corrected chi connectivity index (χ2v) is 5.46. The van der Waals surface area contributed by atoms with E-state index in [-0.39, 0.29) is 16.9 Å². The van der Waals surface area contributed by atoms with E-state index in [2.05, 4.69) is 5.32 Å². The number of carbonyl (C=O) groups is 2. The molecule has 0 atom stereocenters. The maximum Gasteiger partial charge on any atom is 0.338 e. The Bertz CT molecular complexity index is 831. The van der Waals surface area contributed by atoms with Crippen LogP contribution in [0.1, 0.15) is 21.5 Å². The van der Waals surface area contributed by atoms with Gasteiger partial charge in [0.1, 0.15) is 5.69 Å². The van der Waals surface area contributed by atoms with Gasteiger partial charge in [0.05, 0.1) is 10.5 Å². The molecule has 2 rings (SSSR count). The highest BCUT2D eigenvalue weighted by Gasteiger charge is 2.18. The number of aryl methyl sites for hydroxylation is 2. The van der Waals surface area contributed by atoms with Crippen LogP contribution >= 0.6 is 0 Å². The van der Waals surface area contributed by atoms with Gasteiger partial charge in [0.2, 0.25) is 0 Å². The van der Waals surface area contributed by atoms with Crippen LogP contribution in [0.5, 0.6) is 0 Å². The Morgan fingerprint density at radius 2 is 1.76 bits per heavy atom.